The molecule has 0 bridgehead atoms. The number of benzene rings is 2. The third kappa shape index (κ3) is 5.59. The summed E-state index contributed by atoms with van der Waals surface area (Å²) in [4.78, 5) is 37.2. The second-order valence-corrected chi connectivity index (χ2v) is 9.06. The molecule has 0 radical (unpaired) electrons. The first-order valence-corrected chi connectivity index (χ1v) is 12.0. The Bertz CT molecular complexity index is 997. The fourth-order valence-corrected chi connectivity index (χ4v) is 4.84. The van der Waals surface area contributed by atoms with Crippen molar-refractivity contribution in [1.29, 1.82) is 0 Å². The van der Waals surface area contributed by atoms with Crippen molar-refractivity contribution in [2.45, 2.75) is 64.2 Å². The molecule has 1 aliphatic carbocycles. The summed E-state index contributed by atoms with van der Waals surface area (Å²) in [5.74, 6) is 0.636. The normalized spacial score (nSPS) is 20.3. The maximum absolute atomic E-state index is 12.6. The van der Waals surface area contributed by atoms with Crippen molar-refractivity contribution in [3.8, 4) is 5.75 Å². The molecule has 0 spiro atoms. The van der Waals surface area contributed by atoms with Crippen LogP contribution in [0.2, 0.25) is 0 Å². The van der Waals surface area contributed by atoms with Gasteiger partial charge in [0.15, 0.2) is 0 Å². The van der Waals surface area contributed by atoms with Crippen LogP contribution in [0, 0.1) is 5.92 Å². The molecular weight excluding hydrogens is 414 g/mol. The Morgan fingerprint density at radius 2 is 1.52 bits per heavy atom. The Morgan fingerprint density at radius 1 is 0.879 bits per heavy atom. The Hall–Kier alpha value is -3.21. The van der Waals surface area contributed by atoms with Gasteiger partial charge in [-0.15, -0.1) is 0 Å². The van der Waals surface area contributed by atoms with Crippen LogP contribution in [0.25, 0.3) is 0 Å². The van der Waals surface area contributed by atoms with Gasteiger partial charge in [0, 0.05) is 12.2 Å². The van der Waals surface area contributed by atoms with E-state index in [0.717, 1.165) is 10.8 Å². The minimum atomic E-state index is -0.427. The number of rotatable bonds is 8. The second kappa shape index (κ2) is 10.6. The van der Waals surface area contributed by atoms with Gasteiger partial charge in [-0.25, -0.2) is 9.69 Å². The third-order valence-corrected chi connectivity index (χ3v) is 6.80. The van der Waals surface area contributed by atoms with Crippen LogP contribution in [0.3, 0.4) is 0 Å². The van der Waals surface area contributed by atoms with Gasteiger partial charge in [0.2, 0.25) is 0 Å². The molecule has 0 saturated heterocycles. The van der Waals surface area contributed by atoms with Gasteiger partial charge in [0.1, 0.15) is 5.75 Å². The summed E-state index contributed by atoms with van der Waals surface area (Å²) in [6.45, 7) is 2.26. The molecule has 172 valence electrons. The molecule has 2 aromatic carbocycles. The number of unbranched alkanes of at least 4 members (excludes halogenated alkanes) is 2. The van der Waals surface area contributed by atoms with Gasteiger partial charge in [-0.05, 0) is 79.5 Å². The summed E-state index contributed by atoms with van der Waals surface area (Å²) in [7, 11) is 0. The summed E-state index contributed by atoms with van der Waals surface area (Å²) in [5.41, 5.74) is 2.25. The molecule has 2 aromatic rings. The van der Waals surface area contributed by atoms with Gasteiger partial charge in [0.05, 0.1) is 11.3 Å². The minimum absolute atomic E-state index is 0.362. The molecule has 1 heterocycles. The highest BCUT2D eigenvalue weighted by Gasteiger charge is 2.25. The van der Waals surface area contributed by atoms with E-state index >= 15 is 0 Å². The number of anilines is 1. The van der Waals surface area contributed by atoms with Crippen molar-refractivity contribution in [2.75, 3.05) is 4.90 Å². The zero-order chi connectivity index (χ0) is 23.2. The zero-order valence-corrected chi connectivity index (χ0v) is 19.2. The van der Waals surface area contributed by atoms with Crippen LogP contribution in [0.4, 0.5) is 5.69 Å². The first-order chi connectivity index (χ1) is 16.0. The zero-order valence-electron chi connectivity index (χ0n) is 19.2. The van der Waals surface area contributed by atoms with Crippen molar-refractivity contribution < 1.29 is 19.1 Å². The van der Waals surface area contributed by atoms with Gasteiger partial charge in [0.25, 0.3) is 11.8 Å². The highest BCUT2D eigenvalue weighted by molar-refractivity contribution is 6.28. The lowest BCUT2D eigenvalue weighted by atomic mass is 9.77. The predicted octanol–water partition coefficient (Wildman–Crippen LogP) is 6.19. The van der Waals surface area contributed by atoms with E-state index < -0.39 is 5.97 Å². The molecule has 1 aliphatic heterocycles. The fraction of sp³-hybridized carbons (Fsp3) is 0.393. The Balaban J connectivity index is 1.30. The number of esters is 1. The molecule has 5 nitrogen and oxygen atoms in total. The molecule has 2 amide bonds. The maximum atomic E-state index is 12.6. The van der Waals surface area contributed by atoms with Crippen molar-refractivity contribution >= 4 is 23.5 Å². The van der Waals surface area contributed by atoms with E-state index in [1.165, 1.54) is 69.1 Å². The molecular formula is C28H31NO4. The van der Waals surface area contributed by atoms with Gasteiger partial charge in [-0.2, -0.15) is 0 Å². The van der Waals surface area contributed by atoms with Crippen LogP contribution >= 0.6 is 0 Å². The van der Waals surface area contributed by atoms with Gasteiger partial charge >= 0.3 is 5.97 Å². The Labute approximate surface area is 195 Å². The molecule has 1 fully saturated rings. The number of carbonyl (C=O) groups excluding carboxylic acids is 3. The first-order valence-electron chi connectivity index (χ1n) is 12.0. The number of hydrogen-bond donors (Lipinski definition) is 0. The molecule has 0 unspecified atom stereocenters. The van der Waals surface area contributed by atoms with E-state index in [2.05, 4.69) is 19.1 Å². The average Bonchev–Trinajstić information content (AvgIpc) is 3.18. The summed E-state index contributed by atoms with van der Waals surface area (Å²) in [6.07, 6.45) is 12.9. The molecule has 0 aromatic heterocycles. The van der Waals surface area contributed by atoms with E-state index in [1.54, 1.807) is 24.3 Å². The van der Waals surface area contributed by atoms with Crippen molar-refractivity contribution in [3.63, 3.8) is 0 Å². The van der Waals surface area contributed by atoms with E-state index in [0.29, 0.717) is 22.9 Å². The molecule has 33 heavy (non-hydrogen) atoms. The van der Waals surface area contributed by atoms with Crippen LogP contribution in [0.5, 0.6) is 5.75 Å². The van der Waals surface area contributed by atoms with Crippen molar-refractivity contribution in [1.82, 2.24) is 0 Å². The summed E-state index contributed by atoms with van der Waals surface area (Å²) >= 11 is 0. The fourth-order valence-electron chi connectivity index (χ4n) is 4.84. The summed E-state index contributed by atoms with van der Waals surface area (Å²) < 4.78 is 5.47. The number of carbonyl (C=O) groups is 3. The van der Waals surface area contributed by atoms with Crippen LogP contribution in [-0.2, 0) is 9.59 Å². The largest absolute Gasteiger partial charge is 0.423 e. The third-order valence-electron chi connectivity index (χ3n) is 6.80. The van der Waals surface area contributed by atoms with E-state index in [4.69, 9.17) is 4.74 Å². The number of ether oxygens (including phenoxy) is 1. The Morgan fingerprint density at radius 3 is 2.12 bits per heavy atom. The maximum Gasteiger partial charge on any atom is 0.343 e. The molecule has 0 N–H and O–H groups in total. The number of amides is 2. The van der Waals surface area contributed by atoms with E-state index in [1.807, 2.05) is 12.1 Å². The number of imide groups is 1. The predicted molar refractivity (Wildman–Crippen MR) is 128 cm³/mol. The van der Waals surface area contributed by atoms with E-state index in [9.17, 15) is 14.4 Å². The Kier molecular flexibility index (Phi) is 7.38. The summed E-state index contributed by atoms with van der Waals surface area (Å²) in [6, 6.07) is 14.1. The lowest BCUT2D eigenvalue weighted by molar-refractivity contribution is -0.119. The quantitative estimate of drug-likeness (QED) is 0.210. The monoisotopic (exact) mass is 445 g/mol. The lowest BCUT2D eigenvalue weighted by Crippen LogP contribution is -2.29. The number of nitrogens with zero attached hydrogens (tertiary/aromatic N) is 1. The highest BCUT2D eigenvalue weighted by Crippen LogP contribution is 2.37. The van der Waals surface area contributed by atoms with Crippen LogP contribution < -0.4 is 9.64 Å². The number of hydrogen-bond acceptors (Lipinski definition) is 4. The van der Waals surface area contributed by atoms with E-state index in [-0.39, 0.29) is 11.8 Å². The molecule has 1 saturated carbocycles. The molecule has 5 heteroatoms. The average molecular weight is 446 g/mol. The van der Waals surface area contributed by atoms with Crippen molar-refractivity contribution in [3.05, 3.63) is 71.8 Å². The van der Waals surface area contributed by atoms with Crippen LogP contribution in [0.1, 0.15) is 80.1 Å². The van der Waals surface area contributed by atoms with Gasteiger partial charge in [-0.3, -0.25) is 9.59 Å². The standard InChI is InChI=1S/C28H31NO4/c1-2-3-4-5-20-6-8-21(9-7-20)22-10-12-23(13-11-22)28(32)33-25-16-14-24(15-17-25)29-26(30)18-19-27(29)31/h10-21H,2-9H2,1H3. The molecule has 4 rings (SSSR count). The lowest BCUT2D eigenvalue weighted by Gasteiger charge is -2.29. The second-order valence-electron chi connectivity index (χ2n) is 9.06. The first kappa shape index (κ1) is 23.0. The van der Waals surface area contributed by atoms with Crippen LogP contribution in [0.15, 0.2) is 60.7 Å². The highest BCUT2D eigenvalue weighted by atomic mass is 16.5. The minimum Gasteiger partial charge on any atom is -0.423 e. The SMILES string of the molecule is CCCCCC1CCC(c2ccc(C(=O)Oc3ccc(N4C(=O)C=CC4=O)cc3)cc2)CC1. The van der Waals surface area contributed by atoms with Crippen molar-refractivity contribution in [2.24, 2.45) is 5.92 Å². The van der Waals surface area contributed by atoms with Crippen LogP contribution in [-0.4, -0.2) is 17.8 Å². The smallest absolute Gasteiger partial charge is 0.343 e. The molecule has 0 atom stereocenters. The van der Waals surface area contributed by atoms with Gasteiger partial charge < -0.3 is 4.74 Å². The molecule has 2 aliphatic rings. The summed E-state index contributed by atoms with van der Waals surface area (Å²) in [5, 5.41) is 0. The van der Waals surface area contributed by atoms with Gasteiger partial charge in [-0.1, -0.05) is 44.7 Å². The topological polar surface area (TPSA) is 63.7 Å².